The van der Waals surface area contributed by atoms with E-state index in [-0.39, 0.29) is 35.5 Å². The molecule has 0 atom stereocenters. The second kappa shape index (κ2) is 13.6. The first kappa shape index (κ1) is 26.4. The molecule has 0 saturated heterocycles. The fourth-order valence-corrected chi connectivity index (χ4v) is 3.54. The molecule has 2 aromatic carbocycles. The van der Waals surface area contributed by atoms with Gasteiger partial charge in [0.05, 0.1) is 11.4 Å². The van der Waals surface area contributed by atoms with Crippen LogP contribution in [-0.2, 0) is 16.0 Å². The molecule has 0 saturated carbocycles. The van der Waals surface area contributed by atoms with E-state index in [1.54, 1.807) is 24.5 Å². The van der Waals surface area contributed by atoms with Crippen LogP contribution in [0.5, 0.6) is 5.75 Å². The predicted octanol–water partition coefficient (Wildman–Crippen LogP) is 4.67. The molecule has 3 aromatic rings. The maximum Gasteiger partial charge on any atom is 0.251 e. The lowest BCUT2D eigenvalue weighted by Gasteiger charge is -2.11. The van der Waals surface area contributed by atoms with Crippen molar-refractivity contribution in [3.8, 4) is 5.75 Å². The van der Waals surface area contributed by atoms with Gasteiger partial charge in [-0.3, -0.25) is 25.3 Å². The monoisotopic (exact) mass is 492 g/mol. The minimum absolute atomic E-state index is 0.0404. The van der Waals surface area contributed by atoms with Crippen molar-refractivity contribution in [3.05, 3.63) is 90.0 Å². The van der Waals surface area contributed by atoms with E-state index in [4.69, 9.17) is 5.21 Å². The van der Waals surface area contributed by atoms with Crippen LogP contribution in [0.4, 0.5) is 15.8 Å². The van der Waals surface area contributed by atoms with Crippen LogP contribution in [0.1, 0.15) is 36.8 Å². The molecule has 2 amide bonds. The van der Waals surface area contributed by atoms with Crippen molar-refractivity contribution in [3.63, 3.8) is 0 Å². The fraction of sp³-hybridized carbons (Fsp3) is 0.222. The molecule has 9 heteroatoms. The number of rotatable bonds is 12. The number of amides is 2. The summed E-state index contributed by atoms with van der Waals surface area (Å²) in [6, 6.07) is 13.7. The Balaban J connectivity index is 1.46. The molecule has 0 fully saturated rings. The number of anilines is 2. The average molecular weight is 493 g/mol. The highest BCUT2D eigenvalue weighted by Gasteiger charge is 2.12. The molecule has 0 spiro atoms. The van der Waals surface area contributed by atoms with E-state index in [0.29, 0.717) is 42.6 Å². The number of nitrogens with zero attached hydrogens (tertiary/aromatic N) is 1. The van der Waals surface area contributed by atoms with Crippen molar-refractivity contribution in [1.82, 2.24) is 10.3 Å². The smallest absolute Gasteiger partial charge is 0.251 e. The lowest BCUT2D eigenvalue weighted by Crippen LogP contribution is -2.25. The number of unbranched alkanes of at least 4 members (excludes halogenated alkanes) is 2. The summed E-state index contributed by atoms with van der Waals surface area (Å²) in [5, 5.41) is 24.2. The molecule has 0 aliphatic rings. The van der Waals surface area contributed by atoms with Gasteiger partial charge < -0.3 is 15.7 Å². The molecule has 5 N–H and O–H groups in total. The maximum absolute atomic E-state index is 13.4. The Kier molecular flexibility index (Phi) is 9.96. The third-order valence-electron chi connectivity index (χ3n) is 5.45. The fourth-order valence-electron chi connectivity index (χ4n) is 3.54. The van der Waals surface area contributed by atoms with Gasteiger partial charge in [0, 0.05) is 37.0 Å². The van der Waals surface area contributed by atoms with E-state index in [1.165, 1.54) is 30.3 Å². The number of aromatic hydroxyl groups is 1. The summed E-state index contributed by atoms with van der Waals surface area (Å²) >= 11 is 0. The number of pyridine rings is 1. The lowest BCUT2D eigenvalue weighted by atomic mass is 10.0. The molecule has 1 aromatic heterocycles. The van der Waals surface area contributed by atoms with Gasteiger partial charge in [0.1, 0.15) is 11.6 Å². The highest BCUT2D eigenvalue weighted by Crippen LogP contribution is 2.26. The van der Waals surface area contributed by atoms with Gasteiger partial charge >= 0.3 is 0 Å². The summed E-state index contributed by atoms with van der Waals surface area (Å²) < 4.78 is 13.4. The van der Waals surface area contributed by atoms with E-state index in [2.05, 4.69) is 15.6 Å². The second-order valence-corrected chi connectivity index (χ2v) is 8.14. The minimum Gasteiger partial charge on any atom is -0.508 e. The van der Waals surface area contributed by atoms with E-state index >= 15 is 0 Å². The van der Waals surface area contributed by atoms with E-state index in [0.717, 1.165) is 12.0 Å². The van der Waals surface area contributed by atoms with Crippen LogP contribution < -0.4 is 16.1 Å². The molecule has 0 radical (unpaired) electrons. The first-order chi connectivity index (χ1) is 17.5. The van der Waals surface area contributed by atoms with Gasteiger partial charge in [0.25, 0.3) is 5.91 Å². The Hall–Kier alpha value is -4.24. The molecule has 0 aliphatic heterocycles. The maximum atomic E-state index is 13.4. The van der Waals surface area contributed by atoms with Crippen molar-refractivity contribution in [2.75, 3.05) is 17.3 Å². The Morgan fingerprint density at radius 1 is 0.944 bits per heavy atom. The zero-order chi connectivity index (χ0) is 25.8. The highest BCUT2D eigenvalue weighted by atomic mass is 19.1. The number of phenols is 1. The first-order valence-electron chi connectivity index (χ1n) is 11.6. The van der Waals surface area contributed by atoms with Crippen molar-refractivity contribution in [2.24, 2.45) is 0 Å². The van der Waals surface area contributed by atoms with E-state index in [9.17, 15) is 19.1 Å². The SMILES string of the molecule is O=C(CCCCCNC(=O)/C(=C\Cc1ccncc1)c1ccc(F)cc1)Nc1ccc(O)cc1NO. The number of aromatic nitrogens is 1. The summed E-state index contributed by atoms with van der Waals surface area (Å²) in [6.45, 7) is 0.435. The van der Waals surface area contributed by atoms with Crippen LogP contribution in [-0.4, -0.2) is 33.7 Å². The van der Waals surface area contributed by atoms with Crippen LogP contribution in [0, 0.1) is 5.82 Å². The molecule has 0 aliphatic carbocycles. The van der Waals surface area contributed by atoms with Crippen molar-refractivity contribution in [1.29, 1.82) is 0 Å². The number of phenolic OH excluding ortho intramolecular Hbond substituents is 1. The molecular formula is C27H29FN4O4. The van der Waals surface area contributed by atoms with E-state index in [1.807, 2.05) is 23.7 Å². The first-order valence-corrected chi connectivity index (χ1v) is 11.6. The standard InChI is InChI=1S/C27H29FN4O4/c28-21-8-6-20(7-9-21)23(11-5-19-13-16-29-17-14-19)27(35)30-15-3-1-2-4-26(34)31-24-12-10-22(33)18-25(24)32-36/h6-14,16-18,32-33,36H,1-5,15H2,(H,30,35)(H,31,34)/b23-11-. The van der Waals surface area contributed by atoms with Crippen molar-refractivity contribution < 1.29 is 24.3 Å². The number of hydrogen-bond acceptors (Lipinski definition) is 6. The molecule has 0 unspecified atom stereocenters. The Morgan fingerprint density at radius 2 is 1.69 bits per heavy atom. The number of hydrogen-bond donors (Lipinski definition) is 5. The normalized spacial score (nSPS) is 11.1. The molecular weight excluding hydrogens is 463 g/mol. The van der Waals surface area contributed by atoms with Crippen molar-refractivity contribution >= 4 is 28.8 Å². The van der Waals surface area contributed by atoms with Crippen LogP contribution in [0.25, 0.3) is 5.57 Å². The highest BCUT2D eigenvalue weighted by molar-refractivity contribution is 6.19. The molecule has 36 heavy (non-hydrogen) atoms. The number of carbonyl (C=O) groups is 2. The third-order valence-corrected chi connectivity index (χ3v) is 5.45. The van der Waals surface area contributed by atoms with Crippen LogP contribution in [0.2, 0.25) is 0 Å². The third kappa shape index (κ3) is 8.21. The van der Waals surface area contributed by atoms with Gasteiger partial charge in [0.2, 0.25) is 5.91 Å². The zero-order valence-corrected chi connectivity index (χ0v) is 19.7. The summed E-state index contributed by atoms with van der Waals surface area (Å²) in [5.74, 6) is -0.879. The van der Waals surface area contributed by atoms with Gasteiger partial charge in [-0.15, -0.1) is 0 Å². The number of halogens is 1. The Morgan fingerprint density at radius 3 is 2.42 bits per heavy atom. The molecule has 3 rings (SSSR count). The number of carbonyl (C=O) groups excluding carboxylic acids is 2. The Labute approximate surface area is 208 Å². The summed E-state index contributed by atoms with van der Waals surface area (Å²) in [4.78, 5) is 29.1. The topological polar surface area (TPSA) is 124 Å². The van der Waals surface area contributed by atoms with Crippen LogP contribution in [0.15, 0.2) is 73.1 Å². The van der Waals surface area contributed by atoms with Gasteiger partial charge in [-0.2, -0.15) is 0 Å². The predicted molar refractivity (Wildman–Crippen MR) is 136 cm³/mol. The number of nitrogens with one attached hydrogen (secondary N) is 3. The number of benzene rings is 2. The summed E-state index contributed by atoms with van der Waals surface area (Å²) in [7, 11) is 0. The second-order valence-electron chi connectivity index (χ2n) is 8.14. The van der Waals surface area contributed by atoms with Gasteiger partial charge in [-0.05, 0) is 66.8 Å². The number of allylic oxidation sites excluding steroid dienone is 1. The van der Waals surface area contributed by atoms with Gasteiger partial charge in [-0.25, -0.2) is 4.39 Å². The van der Waals surface area contributed by atoms with Crippen molar-refractivity contribution in [2.45, 2.75) is 32.1 Å². The lowest BCUT2D eigenvalue weighted by molar-refractivity contribution is -0.117. The summed E-state index contributed by atoms with van der Waals surface area (Å²) in [5.41, 5.74) is 4.59. The quantitative estimate of drug-likeness (QED) is 0.108. The minimum atomic E-state index is -0.370. The molecule has 188 valence electrons. The summed E-state index contributed by atoms with van der Waals surface area (Å²) in [6.07, 6.45) is 8.02. The molecule has 1 heterocycles. The molecule has 8 nitrogen and oxygen atoms in total. The average Bonchev–Trinajstić information content (AvgIpc) is 2.88. The Bertz CT molecular complexity index is 1180. The van der Waals surface area contributed by atoms with Crippen LogP contribution in [0.3, 0.4) is 0 Å². The molecule has 0 bridgehead atoms. The zero-order valence-electron chi connectivity index (χ0n) is 19.7. The van der Waals surface area contributed by atoms with Gasteiger partial charge in [0.15, 0.2) is 0 Å². The van der Waals surface area contributed by atoms with Gasteiger partial charge in [-0.1, -0.05) is 24.6 Å². The van der Waals surface area contributed by atoms with Crippen LogP contribution >= 0.6 is 0 Å². The largest absolute Gasteiger partial charge is 0.508 e. The van der Waals surface area contributed by atoms with E-state index < -0.39 is 0 Å².